The average molecular weight is 540 g/mol. The van der Waals surface area contributed by atoms with Crippen molar-refractivity contribution in [1.82, 2.24) is 16.0 Å². The lowest BCUT2D eigenvalue weighted by atomic mass is 10.0. The Labute approximate surface area is 220 Å². The van der Waals surface area contributed by atoms with E-state index in [4.69, 9.17) is 22.3 Å². The predicted molar refractivity (Wildman–Crippen MR) is 142 cm³/mol. The minimum absolute atomic E-state index is 0.0648. The standard InChI is InChI=1S/C23H37N7O6S/c1-37-11-9-16(28-19(32)15(24)13-31)20(33)30-18(12-14-6-3-2-4-7-14)21(34)29-17(22(35)36)8-5-10-27-23(25)26/h2-4,6-7,15-18,31H,5,8-13,24H2,1H3,(H,28,32)(H,29,34)(H,30,33)(H,35,36)(H4,25,26,27). The van der Waals surface area contributed by atoms with Crippen LogP contribution in [-0.4, -0.2) is 89.2 Å². The Hall–Kier alpha value is -3.36. The zero-order valence-corrected chi connectivity index (χ0v) is 21.6. The Bertz CT molecular complexity index is 914. The minimum atomic E-state index is -1.24. The van der Waals surface area contributed by atoms with Gasteiger partial charge in [-0.2, -0.15) is 11.8 Å². The first kappa shape index (κ1) is 31.7. The molecular weight excluding hydrogens is 502 g/mol. The molecule has 11 N–H and O–H groups in total. The number of hydrogen-bond acceptors (Lipinski definition) is 8. The van der Waals surface area contributed by atoms with Gasteiger partial charge < -0.3 is 43.4 Å². The van der Waals surface area contributed by atoms with E-state index in [-0.39, 0.29) is 31.8 Å². The van der Waals surface area contributed by atoms with Crippen LogP contribution < -0.4 is 33.2 Å². The smallest absolute Gasteiger partial charge is 0.326 e. The zero-order chi connectivity index (χ0) is 27.8. The molecule has 14 heteroatoms. The Morgan fingerprint density at radius 1 is 0.946 bits per heavy atom. The van der Waals surface area contributed by atoms with Crippen LogP contribution in [0.25, 0.3) is 0 Å². The summed E-state index contributed by atoms with van der Waals surface area (Å²) in [6.07, 6.45) is 2.53. The molecule has 0 bridgehead atoms. The maximum atomic E-state index is 13.2. The highest BCUT2D eigenvalue weighted by atomic mass is 32.2. The van der Waals surface area contributed by atoms with Crippen molar-refractivity contribution < 1.29 is 29.4 Å². The molecule has 1 rings (SSSR count). The highest BCUT2D eigenvalue weighted by molar-refractivity contribution is 7.98. The van der Waals surface area contributed by atoms with E-state index < -0.39 is 54.5 Å². The van der Waals surface area contributed by atoms with E-state index in [9.17, 15) is 24.3 Å². The number of nitrogens with zero attached hydrogens (tertiary/aromatic N) is 1. The van der Waals surface area contributed by atoms with Crippen LogP contribution in [0.1, 0.15) is 24.8 Å². The van der Waals surface area contributed by atoms with E-state index in [0.29, 0.717) is 12.2 Å². The van der Waals surface area contributed by atoms with Gasteiger partial charge in [-0.25, -0.2) is 4.79 Å². The van der Waals surface area contributed by atoms with E-state index in [0.717, 1.165) is 5.56 Å². The Morgan fingerprint density at radius 3 is 2.11 bits per heavy atom. The normalized spacial score (nSPS) is 13.9. The number of hydrogen-bond donors (Lipinski definition) is 8. The molecule has 0 aliphatic carbocycles. The summed E-state index contributed by atoms with van der Waals surface area (Å²) in [4.78, 5) is 54.0. The number of carboxylic acid groups (broad SMARTS) is 1. The lowest BCUT2D eigenvalue weighted by Crippen LogP contribution is -2.58. The number of thioether (sulfide) groups is 1. The Morgan fingerprint density at radius 2 is 1.54 bits per heavy atom. The summed E-state index contributed by atoms with van der Waals surface area (Å²) in [5.41, 5.74) is 16.8. The second-order valence-corrected chi connectivity index (χ2v) is 9.22. The Balaban J connectivity index is 3.05. The first-order chi connectivity index (χ1) is 17.6. The number of carbonyl (C=O) groups excluding carboxylic acids is 3. The molecule has 0 saturated carbocycles. The SMILES string of the molecule is CSCCC(NC(=O)C(N)CO)C(=O)NC(Cc1ccccc1)C(=O)NC(CCCN=C(N)N)C(=O)O. The highest BCUT2D eigenvalue weighted by Gasteiger charge is 2.30. The fourth-order valence-electron chi connectivity index (χ4n) is 3.23. The van der Waals surface area contributed by atoms with Crippen LogP contribution in [0.3, 0.4) is 0 Å². The molecule has 1 aromatic rings. The summed E-state index contributed by atoms with van der Waals surface area (Å²) in [5, 5.41) is 26.3. The molecule has 4 atom stereocenters. The van der Waals surface area contributed by atoms with E-state index in [1.54, 1.807) is 30.3 Å². The van der Waals surface area contributed by atoms with E-state index in [1.165, 1.54) is 11.8 Å². The third kappa shape index (κ3) is 12.4. The highest BCUT2D eigenvalue weighted by Crippen LogP contribution is 2.08. The van der Waals surface area contributed by atoms with Gasteiger partial charge in [0, 0.05) is 13.0 Å². The lowest BCUT2D eigenvalue weighted by Gasteiger charge is -2.25. The molecule has 13 nitrogen and oxygen atoms in total. The molecule has 0 fully saturated rings. The first-order valence-electron chi connectivity index (χ1n) is 11.7. The van der Waals surface area contributed by atoms with Gasteiger partial charge in [-0.1, -0.05) is 30.3 Å². The molecule has 0 aliphatic heterocycles. The van der Waals surface area contributed by atoms with E-state index in [1.807, 2.05) is 6.26 Å². The van der Waals surface area contributed by atoms with E-state index in [2.05, 4.69) is 20.9 Å². The van der Waals surface area contributed by atoms with Crippen molar-refractivity contribution in [2.75, 3.05) is 25.2 Å². The van der Waals surface area contributed by atoms with Crippen molar-refractivity contribution in [2.24, 2.45) is 22.2 Å². The van der Waals surface area contributed by atoms with Gasteiger partial charge >= 0.3 is 5.97 Å². The van der Waals surface area contributed by atoms with Crippen molar-refractivity contribution in [2.45, 2.75) is 49.9 Å². The zero-order valence-electron chi connectivity index (χ0n) is 20.8. The molecular formula is C23H37N7O6S. The summed E-state index contributed by atoms with van der Waals surface area (Å²) in [6, 6.07) is 4.30. The number of carboxylic acids is 1. The van der Waals surface area contributed by atoms with Crippen LogP contribution in [0.15, 0.2) is 35.3 Å². The van der Waals surface area contributed by atoms with Crippen molar-refractivity contribution in [1.29, 1.82) is 0 Å². The van der Waals surface area contributed by atoms with Gasteiger partial charge in [-0.05, 0) is 36.8 Å². The molecule has 4 unspecified atom stereocenters. The van der Waals surface area contributed by atoms with Crippen molar-refractivity contribution >= 4 is 41.4 Å². The van der Waals surface area contributed by atoms with Gasteiger partial charge in [-0.3, -0.25) is 19.4 Å². The van der Waals surface area contributed by atoms with Crippen molar-refractivity contribution in [3.63, 3.8) is 0 Å². The number of rotatable bonds is 17. The van der Waals surface area contributed by atoms with Gasteiger partial charge in [-0.15, -0.1) is 0 Å². The maximum absolute atomic E-state index is 13.2. The molecule has 0 spiro atoms. The summed E-state index contributed by atoms with van der Waals surface area (Å²) < 4.78 is 0. The molecule has 0 heterocycles. The summed E-state index contributed by atoms with van der Waals surface area (Å²) in [7, 11) is 0. The third-order valence-corrected chi connectivity index (χ3v) is 5.90. The van der Waals surface area contributed by atoms with E-state index >= 15 is 0 Å². The second kappa shape index (κ2) is 17.2. The van der Waals surface area contributed by atoms with Crippen LogP contribution in [0.4, 0.5) is 0 Å². The molecule has 0 aromatic heterocycles. The van der Waals surface area contributed by atoms with Crippen LogP contribution >= 0.6 is 11.8 Å². The third-order valence-electron chi connectivity index (χ3n) is 5.25. The average Bonchev–Trinajstić information content (AvgIpc) is 2.87. The number of carbonyl (C=O) groups is 4. The van der Waals surface area contributed by atoms with Crippen LogP contribution in [0.2, 0.25) is 0 Å². The van der Waals surface area contributed by atoms with Gasteiger partial charge in [0.2, 0.25) is 17.7 Å². The number of aliphatic imine (C=N–C) groups is 1. The fourth-order valence-corrected chi connectivity index (χ4v) is 3.70. The monoisotopic (exact) mass is 539 g/mol. The topological polar surface area (TPSA) is 235 Å². The number of aliphatic hydroxyl groups excluding tert-OH is 1. The summed E-state index contributed by atoms with van der Waals surface area (Å²) >= 11 is 1.46. The quantitative estimate of drug-likeness (QED) is 0.0609. The summed E-state index contributed by atoms with van der Waals surface area (Å²) in [6.45, 7) is -0.402. The molecule has 206 valence electrons. The molecule has 0 radical (unpaired) electrons. The lowest BCUT2D eigenvalue weighted by molar-refractivity contribution is -0.142. The molecule has 0 aliphatic rings. The number of nitrogens with two attached hydrogens (primary N) is 3. The van der Waals surface area contributed by atoms with Crippen LogP contribution in [0, 0.1) is 0 Å². The summed E-state index contributed by atoms with van der Waals surface area (Å²) in [5.74, 6) is -2.88. The van der Waals surface area contributed by atoms with Gasteiger partial charge in [0.05, 0.1) is 6.61 Å². The van der Waals surface area contributed by atoms with Gasteiger partial charge in [0.1, 0.15) is 24.2 Å². The largest absolute Gasteiger partial charge is 0.480 e. The number of nitrogens with one attached hydrogen (secondary N) is 3. The minimum Gasteiger partial charge on any atom is -0.480 e. The molecule has 1 aromatic carbocycles. The number of aliphatic hydroxyl groups is 1. The van der Waals surface area contributed by atoms with Crippen LogP contribution in [-0.2, 0) is 25.6 Å². The number of amides is 3. The van der Waals surface area contributed by atoms with Crippen LogP contribution in [0.5, 0.6) is 0 Å². The van der Waals surface area contributed by atoms with Gasteiger partial charge in [0.15, 0.2) is 5.96 Å². The number of guanidine groups is 1. The molecule has 0 saturated heterocycles. The first-order valence-corrected chi connectivity index (χ1v) is 13.1. The second-order valence-electron chi connectivity index (χ2n) is 8.23. The van der Waals surface area contributed by atoms with Crippen molar-refractivity contribution in [3.8, 4) is 0 Å². The molecule has 3 amide bonds. The Kier molecular flexibility index (Phi) is 14.7. The molecule has 37 heavy (non-hydrogen) atoms. The number of benzene rings is 1. The fraction of sp³-hybridized carbons (Fsp3) is 0.522. The maximum Gasteiger partial charge on any atom is 0.326 e. The number of aliphatic carboxylic acids is 1. The van der Waals surface area contributed by atoms with Crippen molar-refractivity contribution in [3.05, 3.63) is 35.9 Å². The van der Waals surface area contributed by atoms with Gasteiger partial charge in [0.25, 0.3) is 0 Å². The predicted octanol–water partition coefficient (Wildman–Crippen LogP) is -2.11.